The molecule has 1 heteroatoms. The number of hydrogen-bond donors (Lipinski definition) is 0. The van der Waals surface area contributed by atoms with E-state index in [0.29, 0.717) is 0 Å². The Morgan fingerprint density at radius 3 is 2.25 bits per heavy atom. The van der Waals surface area contributed by atoms with Gasteiger partial charge in [0.1, 0.15) is 5.75 Å². The summed E-state index contributed by atoms with van der Waals surface area (Å²) in [6.45, 7) is 11.4. The molecule has 0 bridgehead atoms. The lowest BCUT2D eigenvalue weighted by Crippen LogP contribution is -2.18. The molecular formula is C15H22O. The molecule has 0 atom stereocenters. The second-order valence-electron chi connectivity index (χ2n) is 6.33. The fourth-order valence-corrected chi connectivity index (χ4v) is 3.43. The molecule has 0 saturated heterocycles. The van der Waals surface area contributed by atoms with Crippen LogP contribution in [0.4, 0.5) is 0 Å². The highest BCUT2D eigenvalue weighted by Crippen LogP contribution is 2.52. The van der Waals surface area contributed by atoms with Crippen molar-refractivity contribution in [2.24, 2.45) is 0 Å². The summed E-state index contributed by atoms with van der Waals surface area (Å²) in [6.07, 6.45) is 1.19. The van der Waals surface area contributed by atoms with Gasteiger partial charge in [0.25, 0.3) is 0 Å². The van der Waals surface area contributed by atoms with Gasteiger partial charge in [-0.2, -0.15) is 0 Å². The van der Waals surface area contributed by atoms with Crippen LogP contribution in [0.3, 0.4) is 0 Å². The highest BCUT2D eigenvalue weighted by Gasteiger charge is 2.43. The maximum atomic E-state index is 5.57. The Bertz CT molecular complexity index is 427. The second kappa shape index (κ2) is 3.26. The molecule has 1 aliphatic rings. The molecule has 0 unspecified atom stereocenters. The van der Waals surface area contributed by atoms with Crippen LogP contribution in [0.25, 0.3) is 0 Å². The summed E-state index contributed by atoms with van der Waals surface area (Å²) in [5.41, 5.74) is 4.65. The summed E-state index contributed by atoms with van der Waals surface area (Å²) in [4.78, 5) is 0. The van der Waals surface area contributed by atoms with Gasteiger partial charge in [0.2, 0.25) is 0 Å². The quantitative estimate of drug-likeness (QED) is 0.693. The van der Waals surface area contributed by atoms with Crippen molar-refractivity contribution >= 4 is 0 Å². The summed E-state index contributed by atoms with van der Waals surface area (Å²) in [5.74, 6) is 1.06. The predicted octanol–water partition coefficient (Wildman–Crippen LogP) is 3.96. The van der Waals surface area contributed by atoms with Crippen molar-refractivity contribution in [1.82, 2.24) is 0 Å². The van der Waals surface area contributed by atoms with Crippen LogP contribution >= 0.6 is 0 Å². The number of rotatable bonds is 1. The van der Waals surface area contributed by atoms with E-state index < -0.39 is 0 Å². The molecule has 0 radical (unpaired) electrons. The zero-order valence-corrected chi connectivity index (χ0v) is 11.3. The van der Waals surface area contributed by atoms with Gasteiger partial charge in [0.05, 0.1) is 7.11 Å². The maximum absolute atomic E-state index is 5.57. The van der Waals surface area contributed by atoms with E-state index in [9.17, 15) is 0 Å². The van der Waals surface area contributed by atoms with Crippen molar-refractivity contribution in [3.8, 4) is 5.75 Å². The minimum Gasteiger partial charge on any atom is -0.496 e. The molecule has 1 aromatic carbocycles. The number of benzene rings is 1. The number of ether oxygens (including phenoxy) is 1. The van der Waals surface area contributed by atoms with Crippen LogP contribution in [-0.2, 0) is 10.8 Å². The normalized spacial score (nSPS) is 20.6. The molecule has 0 aliphatic heterocycles. The lowest BCUT2D eigenvalue weighted by Gasteiger charge is -2.23. The van der Waals surface area contributed by atoms with Gasteiger partial charge in [-0.1, -0.05) is 33.8 Å². The van der Waals surface area contributed by atoms with E-state index in [1.165, 1.54) is 23.1 Å². The molecule has 0 N–H and O–H groups in total. The van der Waals surface area contributed by atoms with Crippen LogP contribution in [0.2, 0.25) is 0 Å². The lowest BCUT2D eigenvalue weighted by atomic mass is 9.82. The molecule has 2 rings (SSSR count). The minimum atomic E-state index is 0.220. The third-order valence-corrected chi connectivity index (χ3v) is 3.76. The van der Waals surface area contributed by atoms with Crippen molar-refractivity contribution in [2.45, 2.75) is 51.9 Å². The Balaban J connectivity index is 2.75. The SMILES string of the molecule is COc1cc(C)cc2c1C(C)(C)CC2(C)C. The van der Waals surface area contributed by atoms with Gasteiger partial charge in [-0.3, -0.25) is 0 Å². The van der Waals surface area contributed by atoms with E-state index in [-0.39, 0.29) is 10.8 Å². The highest BCUT2D eigenvalue weighted by molar-refractivity contribution is 5.54. The Morgan fingerprint density at radius 2 is 1.69 bits per heavy atom. The zero-order valence-electron chi connectivity index (χ0n) is 11.3. The molecule has 0 aromatic heterocycles. The molecule has 1 aromatic rings. The molecule has 0 fully saturated rings. The summed E-state index contributed by atoms with van der Waals surface area (Å²) < 4.78 is 5.57. The molecule has 88 valence electrons. The molecule has 0 spiro atoms. The number of fused-ring (bicyclic) bond motifs is 1. The van der Waals surface area contributed by atoms with Gasteiger partial charge < -0.3 is 4.74 Å². The lowest BCUT2D eigenvalue weighted by molar-refractivity contribution is 0.378. The highest BCUT2D eigenvalue weighted by atomic mass is 16.5. The Hall–Kier alpha value is -0.980. The number of hydrogen-bond acceptors (Lipinski definition) is 1. The van der Waals surface area contributed by atoms with Crippen LogP contribution < -0.4 is 4.74 Å². The smallest absolute Gasteiger partial charge is 0.123 e. The van der Waals surface area contributed by atoms with Gasteiger partial charge in [0, 0.05) is 5.56 Å². The van der Waals surface area contributed by atoms with Gasteiger partial charge in [0.15, 0.2) is 0 Å². The summed E-state index contributed by atoms with van der Waals surface area (Å²) >= 11 is 0. The van der Waals surface area contributed by atoms with E-state index in [1.54, 1.807) is 7.11 Å². The molecule has 16 heavy (non-hydrogen) atoms. The first-order chi connectivity index (χ1) is 7.28. The topological polar surface area (TPSA) is 9.23 Å². The molecule has 1 nitrogen and oxygen atoms in total. The Morgan fingerprint density at radius 1 is 1.06 bits per heavy atom. The molecule has 0 amide bonds. The van der Waals surface area contributed by atoms with Crippen LogP contribution in [0, 0.1) is 6.92 Å². The minimum absolute atomic E-state index is 0.220. The monoisotopic (exact) mass is 218 g/mol. The predicted molar refractivity (Wildman–Crippen MR) is 68.4 cm³/mol. The molecule has 0 saturated carbocycles. The van der Waals surface area contributed by atoms with Crippen LogP contribution in [0.1, 0.15) is 50.8 Å². The van der Waals surface area contributed by atoms with Crippen molar-refractivity contribution in [1.29, 1.82) is 0 Å². The average Bonchev–Trinajstić information content (AvgIpc) is 2.31. The van der Waals surface area contributed by atoms with Crippen LogP contribution in [0.15, 0.2) is 12.1 Å². The summed E-state index contributed by atoms with van der Waals surface area (Å²) in [5, 5.41) is 0. The third-order valence-electron chi connectivity index (χ3n) is 3.76. The largest absolute Gasteiger partial charge is 0.496 e. The zero-order chi connectivity index (χ0) is 12.1. The van der Waals surface area contributed by atoms with Crippen LogP contribution in [-0.4, -0.2) is 7.11 Å². The third kappa shape index (κ3) is 1.53. The Labute approximate surface area is 98.8 Å². The van der Waals surface area contributed by atoms with E-state index in [2.05, 4.69) is 46.8 Å². The first-order valence-electron chi connectivity index (χ1n) is 5.97. The van der Waals surface area contributed by atoms with Gasteiger partial charge >= 0.3 is 0 Å². The van der Waals surface area contributed by atoms with Crippen molar-refractivity contribution < 1.29 is 4.74 Å². The van der Waals surface area contributed by atoms with Gasteiger partial charge in [-0.05, 0) is 41.4 Å². The van der Waals surface area contributed by atoms with Gasteiger partial charge in [-0.15, -0.1) is 0 Å². The average molecular weight is 218 g/mol. The molecule has 0 heterocycles. The first kappa shape index (κ1) is 11.5. The second-order valence-corrected chi connectivity index (χ2v) is 6.33. The van der Waals surface area contributed by atoms with E-state index in [1.807, 2.05) is 0 Å². The van der Waals surface area contributed by atoms with Crippen molar-refractivity contribution in [3.05, 3.63) is 28.8 Å². The number of methoxy groups -OCH3 is 1. The summed E-state index contributed by atoms with van der Waals surface area (Å²) in [6, 6.07) is 4.48. The van der Waals surface area contributed by atoms with E-state index >= 15 is 0 Å². The molecule has 1 aliphatic carbocycles. The molecular weight excluding hydrogens is 196 g/mol. The van der Waals surface area contributed by atoms with Crippen molar-refractivity contribution in [3.63, 3.8) is 0 Å². The standard InChI is InChI=1S/C15H22O/c1-10-7-11-13(12(8-10)16-6)15(4,5)9-14(11,2)3/h7-8H,9H2,1-6H3. The van der Waals surface area contributed by atoms with Gasteiger partial charge in [-0.25, -0.2) is 0 Å². The first-order valence-corrected chi connectivity index (χ1v) is 5.97. The fourth-order valence-electron chi connectivity index (χ4n) is 3.43. The van der Waals surface area contributed by atoms with Crippen molar-refractivity contribution in [2.75, 3.05) is 7.11 Å². The summed E-state index contributed by atoms with van der Waals surface area (Å²) in [7, 11) is 1.77. The van der Waals surface area contributed by atoms with E-state index in [4.69, 9.17) is 4.74 Å². The van der Waals surface area contributed by atoms with Crippen LogP contribution in [0.5, 0.6) is 5.75 Å². The van der Waals surface area contributed by atoms with E-state index in [0.717, 1.165) is 5.75 Å². The fraction of sp³-hybridized carbons (Fsp3) is 0.600. The Kier molecular flexibility index (Phi) is 2.34. The maximum Gasteiger partial charge on any atom is 0.123 e. The number of aryl methyl sites for hydroxylation is 1.